The standard InChI is InChI=1S/C14H21NO3S2/c1-15(14(16)10-11-6-5-9-19-11)12-7-3-4-8-13(12)20(2,17)18/h5-6,9,12-13H,3-4,7-8,10H2,1-2H3/t12-,13-/m0/s1. The minimum atomic E-state index is -3.11. The number of nitrogens with zero attached hydrogens (tertiary/aromatic N) is 1. The zero-order valence-corrected chi connectivity index (χ0v) is 13.5. The lowest BCUT2D eigenvalue weighted by atomic mass is 9.93. The fraction of sp³-hybridized carbons (Fsp3) is 0.643. The highest BCUT2D eigenvalue weighted by molar-refractivity contribution is 7.91. The zero-order chi connectivity index (χ0) is 14.8. The first-order valence-electron chi connectivity index (χ1n) is 6.86. The highest BCUT2D eigenvalue weighted by Gasteiger charge is 2.36. The lowest BCUT2D eigenvalue weighted by molar-refractivity contribution is -0.131. The largest absolute Gasteiger partial charge is 0.341 e. The van der Waals surface area contributed by atoms with Gasteiger partial charge in [-0.15, -0.1) is 11.3 Å². The van der Waals surface area contributed by atoms with Gasteiger partial charge in [0, 0.05) is 24.2 Å². The van der Waals surface area contributed by atoms with Crippen LogP contribution in [0.2, 0.25) is 0 Å². The summed E-state index contributed by atoms with van der Waals surface area (Å²) in [6, 6.07) is 3.68. The normalized spacial score (nSPS) is 23.5. The number of hydrogen-bond donors (Lipinski definition) is 0. The number of thiophene rings is 1. The van der Waals surface area contributed by atoms with Crippen molar-refractivity contribution in [1.29, 1.82) is 0 Å². The van der Waals surface area contributed by atoms with Gasteiger partial charge in [-0.25, -0.2) is 8.42 Å². The number of rotatable bonds is 4. The van der Waals surface area contributed by atoms with Crippen LogP contribution in [-0.4, -0.2) is 43.8 Å². The number of carbonyl (C=O) groups is 1. The third-order valence-corrected chi connectivity index (χ3v) is 6.54. The summed E-state index contributed by atoms with van der Waals surface area (Å²) in [5.74, 6) is 0.00741. The molecule has 1 aliphatic carbocycles. The molecule has 0 bridgehead atoms. The Kier molecular flexibility index (Phi) is 4.86. The van der Waals surface area contributed by atoms with Crippen LogP contribution in [0.3, 0.4) is 0 Å². The molecular weight excluding hydrogens is 294 g/mol. The molecule has 112 valence electrons. The molecule has 1 saturated carbocycles. The predicted molar refractivity (Wildman–Crippen MR) is 81.7 cm³/mol. The Morgan fingerprint density at radius 2 is 2.10 bits per heavy atom. The Bertz CT molecular complexity index is 551. The van der Waals surface area contributed by atoms with Gasteiger partial charge in [-0.05, 0) is 24.3 Å². The minimum absolute atomic E-state index is 0.00741. The van der Waals surface area contributed by atoms with Crippen LogP contribution in [0.5, 0.6) is 0 Å². The van der Waals surface area contributed by atoms with Gasteiger partial charge in [0.15, 0.2) is 9.84 Å². The van der Waals surface area contributed by atoms with Crippen molar-refractivity contribution in [2.75, 3.05) is 13.3 Å². The van der Waals surface area contributed by atoms with Crippen LogP contribution in [0.25, 0.3) is 0 Å². The molecule has 0 aliphatic heterocycles. The van der Waals surface area contributed by atoms with Gasteiger partial charge < -0.3 is 4.90 Å². The van der Waals surface area contributed by atoms with Crippen LogP contribution in [0.4, 0.5) is 0 Å². The highest BCUT2D eigenvalue weighted by Crippen LogP contribution is 2.28. The van der Waals surface area contributed by atoms with Crippen LogP contribution in [-0.2, 0) is 21.1 Å². The number of carbonyl (C=O) groups excluding carboxylic acids is 1. The lowest BCUT2D eigenvalue weighted by Gasteiger charge is -2.37. The summed E-state index contributed by atoms with van der Waals surface area (Å²) >= 11 is 1.56. The predicted octanol–water partition coefficient (Wildman–Crippen LogP) is 2.10. The maximum atomic E-state index is 12.3. The maximum Gasteiger partial charge on any atom is 0.227 e. The van der Waals surface area contributed by atoms with Crippen molar-refractivity contribution in [1.82, 2.24) is 4.90 Å². The summed E-state index contributed by atoms with van der Waals surface area (Å²) in [4.78, 5) is 15.0. The van der Waals surface area contributed by atoms with Gasteiger partial charge in [-0.2, -0.15) is 0 Å². The van der Waals surface area contributed by atoms with Gasteiger partial charge in [0.2, 0.25) is 5.91 Å². The molecule has 0 N–H and O–H groups in total. The van der Waals surface area contributed by atoms with Crippen molar-refractivity contribution >= 4 is 27.1 Å². The maximum absolute atomic E-state index is 12.3. The molecule has 6 heteroatoms. The van der Waals surface area contributed by atoms with Gasteiger partial charge in [0.05, 0.1) is 11.7 Å². The van der Waals surface area contributed by atoms with E-state index in [1.165, 1.54) is 6.26 Å². The lowest BCUT2D eigenvalue weighted by Crippen LogP contribution is -2.49. The fourth-order valence-corrected chi connectivity index (χ4v) is 5.07. The van der Waals surface area contributed by atoms with E-state index in [1.54, 1.807) is 23.3 Å². The third-order valence-electron chi connectivity index (χ3n) is 4.01. The van der Waals surface area contributed by atoms with Gasteiger partial charge in [-0.1, -0.05) is 18.9 Å². The van der Waals surface area contributed by atoms with Crippen molar-refractivity contribution in [3.05, 3.63) is 22.4 Å². The Morgan fingerprint density at radius 3 is 2.70 bits per heavy atom. The quantitative estimate of drug-likeness (QED) is 0.855. The van der Waals surface area contributed by atoms with Crippen LogP contribution in [0.15, 0.2) is 17.5 Å². The molecule has 1 amide bonds. The van der Waals surface area contributed by atoms with Crippen molar-refractivity contribution in [3.8, 4) is 0 Å². The summed E-state index contributed by atoms with van der Waals surface area (Å²) in [6.07, 6.45) is 5.02. The highest BCUT2D eigenvalue weighted by atomic mass is 32.2. The molecule has 0 unspecified atom stereocenters. The molecule has 2 rings (SSSR count). The zero-order valence-electron chi connectivity index (χ0n) is 11.9. The second kappa shape index (κ2) is 6.26. The molecule has 0 radical (unpaired) electrons. The first-order valence-corrected chi connectivity index (χ1v) is 9.70. The fourth-order valence-electron chi connectivity index (χ4n) is 2.89. The number of amides is 1. The molecule has 0 saturated heterocycles. The van der Waals surface area contributed by atoms with Gasteiger partial charge in [-0.3, -0.25) is 4.79 Å². The summed E-state index contributed by atoms with van der Waals surface area (Å²) < 4.78 is 23.8. The van der Waals surface area contributed by atoms with E-state index in [0.717, 1.165) is 24.1 Å². The molecule has 1 aliphatic rings. The molecular formula is C14H21NO3S2. The van der Waals surface area contributed by atoms with Crippen molar-refractivity contribution in [2.45, 2.75) is 43.4 Å². The number of likely N-dealkylation sites (N-methyl/N-ethyl adjacent to an activating group) is 1. The minimum Gasteiger partial charge on any atom is -0.341 e. The molecule has 1 aromatic rings. The van der Waals surface area contributed by atoms with E-state index < -0.39 is 15.1 Å². The molecule has 0 aromatic carbocycles. The molecule has 1 aromatic heterocycles. The monoisotopic (exact) mass is 315 g/mol. The van der Waals surface area contributed by atoms with E-state index in [9.17, 15) is 13.2 Å². The van der Waals surface area contributed by atoms with Crippen molar-refractivity contribution < 1.29 is 13.2 Å². The second-order valence-corrected chi connectivity index (χ2v) is 8.78. The smallest absolute Gasteiger partial charge is 0.227 e. The van der Waals surface area contributed by atoms with Crippen molar-refractivity contribution in [3.63, 3.8) is 0 Å². The molecule has 4 nitrogen and oxygen atoms in total. The van der Waals surface area contributed by atoms with Crippen molar-refractivity contribution in [2.24, 2.45) is 0 Å². The summed E-state index contributed by atoms with van der Waals surface area (Å²) in [6.45, 7) is 0. The molecule has 0 spiro atoms. The Labute approximate surface area is 124 Å². The van der Waals surface area contributed by atoms with E-state index in [2.05, 4.69) is 0 Å². The Hall–Kier alpha value is -0.880. The van der Waals surface area contributed by atoms with Crippen LogP contribution >= 0.6 is 11.3 Å². The molecule has 1 heterocycles. The molecule has 20 heavy (non-hydrogen) atoms. The molecule has 1 fully saturated rings. The Morgan fingerprint density at radius 1 is 1.40 bits per heavy atom. The van der Waals surface area contributed by atoms with Crippen LogP contribution in [0.1, 0.15) is 30.6 Å². The SMILES string of the molecule is CN(C(=O)Cc1cccs1)[C@H]1CCCC[C@@H]1S(C)(=O)=O. The average molecular weight is 315 g/mol. The average Bonchev–Trinajstić information content (AvgIpc) is 2.89. The number of sulfone groups is 1. The topological polar surface area (TPSA) is 54.5 Å². The second-order valence-electron chi connectivity index (χ2n) is 5.48. The van der Waals surface area contributed by atoms with Gasteiger partial charge in [0.1, 0.15) is 0 Å². The summed E-state index contributed by atoms with van der Waals surface area (Å²) in [7, 11) is -1.37. The Balaban J connectivity index is 2.09. The van der Waals surface area contributed by atoms with E-state index in [4.69, 9.17) is 0 Å². The molecule has 2 atom stereocenters. The summed E-state index contributed by atoms with van der Waals surface area (Å²) in [5, 5.41) is 1.54. The van der Waals surface area contributed by atoms with E-state index in [-0.39, 0.29) is 11.9 Å². The van der Waals surface area contributed by atoms with Crippen LogP contribution < -0.4 is 0 Å². The van der Waals surface area contributed by atoms with E-state index >= 15 is 0 Å². The number of hydrogen-bond acceptors (Lipinski definition) is 4. The first-order chi connectivity index (χ1) is 9.39. The van der Waals surface area contributed by atoms with E-state index in [1.807, 2.05) is 17.5 Å². The van der Waals surface area contributed by atoms with Gasteiger partial charge >= 0.3 is 0 Å². The van der Waals surface area contributed by atoms with E-state index in [0.29, 0.717) is 12.8 Å². The third kappa shape index (κ3) is 3.61. The first kappa shape index (κ1) is 15.5. The van der Waals surface area contributed by atoms with Gasteiger partial charge in [0.25, 0.3) is 0 Å². The summed E-state index contributed by atoms with van der Waals surface area (Å²) in [5.41, 5.74) is 0. The van der Waals surface area contributed by atoms with Crippen LogP contribution in [0, 0.1) is 0 Å².